The van der Waals surface area contributed by atoms with Crippen LogP contribution in [0, 0.1) is 5.92 Å². The first-order valence-corrected chi connectivity index (χ1v) is 17.7. The summed E-state index contributed by atoms with van der Waals surface area (Å²) in [5.74, 6) is -0.641. The van der Waals surface area contributed by atoms with E-state index in [1.807, 2.05) is 36.4 Å². The summed E-state index contributed by atoms with van der Waals surface area (Å²) < 4.78 is 29.7. The summed E-state index contributed by atoms with van der Waals surface area (Å²) in [5.41, 5.74) is 1.72. The standard InChI is InChI=1S/C33H38N4O5S2/c1-2-29(25-15-16-30(34-20-25)35-17-9-10-18-35)44(41,42)36-21-27(23-11-5-3-6-12-23)37(31(38)22-36)26-19-28(43-32(26)33(39)40)24-13-7-4-8-14-24/h2,4,7-8,13-16,19-20,23,27,29H,1,3,5-6,9-12,17-18,21-22H2,(H,39,40). The van der Waals surface area contributed by atoms with E-state index in [1.54, 1.807) is 23.2 Å². The van der Waals surface area contributed by atoms with Gasteiger partial charge in [-0.25, -0.2) is 18.2 Å². The lowest BCUT2D eigenvalue weighted by Gasteiger charge is -2.45. The van der Waals surface area contributed by atoms with Gasteiger partial charge in [0, 0.05) is 30.7 Å². The van der Waals surface area contributed by atoms with E-state index < -0.39 is 33.2 Å². The minimum absolute atomic E-state index is 0.0519. The Kier molecular flexibility index (Phi) is 8.89. The molecule has 1 aromatic carbocycles. The van der Waals surface area contributed by atoms with Crippen molar-refractivity contribution < 1.29 is 23.1 Å². The summed E-state index contributed by atoms with van der Waals surface area (Å²) in [7, 11) is -4.03. The lowest BCUT2D eigenvalue weighted by molar-refractivity contribution is -0.121. The predicted octanol–water partition coefficient (Wildman–Crippen LogP) is 5.96. The lowest BCUT2D eigenvalue weighted by Crippen LogP contribution is -2.61. The van der Waals surface area contributed by atoms with Crippen molar-refractivity contribution in [2.45, 2.75) is 56.2 Å². The molecule has 0 bridgehead atoms. The summed E-state index contributed by atoms with van der Waals surface area (Å²) in [4.78, 5) is 35.7. The van der Waals surface area contributed by atoms with Crippen molar-refractivity contribution in [2.24, 2.45) is 5.92 Å². The number of hydrogen-bond donors (Lipinski definition) is 1. The molecule has 11 heteroatoms. The van der Waals surface area contributed by atoms with Gasteiger partial charge in [-0.2, -0.15) is 4.31 Å². The Morgan fingerprint density at radius 1 is 1.05 bits per heavy atom. The van der Waals surface area contributed by atoms with Crippen molar-refractivity contribution in [3.8, 4) is 10.4 Å². The van der Waals surface area contributed by atoms with Crippen LogP contribution in [0.1, 0.15) is 65.4 Å². The van der Waals surface area contributed by atoms with Gasteiger partial charge in [-0.3, -0.25) is 4.79 Å². The van der Waals surface area contributed by atoms with Crippen LogP contribution in [0.2, 0.25) is 0 Å². The number of pyridine rings is 1. The van der Waals surface area contributed by atoms with Crippen LogP contribution in [0.4, 0.5) is 11.5 Å². The number of sulfonamides is 1. The highest BCUT2D eigenvalue weighted by atomic mass is 32.2. The van der Waals surface area contributed by atoms with Gasteiger partial charge in [0.25, 0.3) is 0 Å². The number of carbonyl (C=O) groups excluding carboxylic acids is 1. The summed E-state index contributed by atoms with van der Waals surface area (Å²) in [6.07, 6.45) is 10.0. The van der Waals surface area contributed by atoms with Crippen LogP contribution in [-0.2, 0) is 14.8 Å². The van der Waals surface area contributed by atoms with Crippen LogP contribution >= 0.6 is 11.3 Å². The molecule has 1 amide bonds. The predicted molar refractivity (Wildman–Crippen MR) is 174 cm³/mol. The third-order valence-electron chi connectivity index (χ3n) is 9.15. The molecule has 2 aromatic heterocycles. The molecule has 3 aromatic rings. The number of anilines is 2. The zero-order valence-corrected chi connectivity index (χ0v) is 26.3. The number of nitrogens with zero attached hydrogens (tertiary/aromatic N) is 4. The molecule has 2 aliphatic heterocycles. The molecule has 3 aliphatic rings. The number of amides is 1. The van der Waals surface area contributed by atoms with Crippen LogP contribution in [0.15, 0.2) is 67.4 Å². The van der Waals surface area contributed by atoms with Gasteiger partial charge in [-0.05, 0) is 54.9 Å². The first-order valence-electron chi connectivity index (χ1n) is 15.3. The Bertz CT molecular complexity index is 1610. The van der Waals surface area contributed by atoms with E-state index in [0.29, 0.717) is 11.3 Å². The Labute approximate surface area is 262 Å². The highest BCUT2D eigenvalue weighted by Crippen LogP contribution is 2.42. The zero-order valence-electron chi connectivity index (χ0n) is 24.7. The smallest absolute Gasteiger partial charge is 0.348 e. The SMILES string of the molecule is C=CC(c1ccc(N2CCCC2)nc1)S(=O)(=O)N1CC(=O)N(c2cc(-c3ccccc3)sc2C(=O)O)C(C2CCCCC2)C1. The number of carboxylic acid groups (broad SMARTS) is 1. The third-order valence-corrected chi connectivity index (χ3v) is 12.4. The maximum atomic E-state index is 14.2. The lowest BCUT2D eigenvalue weighted by atomic mass is 9.82. The number of hydrogen-bond acceptors (Lipinski definition) is 7. The van der Waals surface area contributed by atoms with Gasteiger partial charge in [0.1, 0.15) is 15.9 Å². The number of carboxylic acids is 1. The van der Waals surface area contributed by atoms with E-state index in [4.69, 9.17) is 0 Å². The molecule has 0 spiro atoms. The number of aromatic carboxylic acids is 1. The van der Waals surface area contributed by atoms with E-state index in [1.165, 1.54) is 10.4 Å². The molecule has 44 heavy (non-hydrogen) atoms. The molecule has 3 fully saturated rings. The van der Waals surface area contributed by atoms with E-state index in [9.17, 15) is 23.1 Å². The van der Waals surface area contributed by atoms with Crippen molar-refractivity contribution in [3.63, 3.8) is 0 Å². The minimum atomic E-state index is -4.03. The van der Waals surface area contributed by atoms with Crippen molar-refractivity contribution >= 4 is 44.7 Å². The van der Waals surface area contributed by atoms with Crippen molar-refractivity contribution in [2.75, 3.05) is 36.0 Å². The van der Waals surface area contributed by atoms with Crippen LogP contribution in [-0.4, -0.2) is 66.9 Å². The van der Waals surface area contributed by atoms with E-state index >= 15 is 0 Å². The van der Waals surface area contributed by atoms with Crippen LogP contribution in [0.25, 0.3) is 10.4 Å². The van der Waals surface area contributed by atoms with Crippen molar-refractivity contribution in [1.29, 1.82) is 0 Å². The number of carbonyl (C=O) groups is 2. The number of rotatable bonds is 9. The maximum Gasteiger partial charge on any atom is 0.348 e. The van der Waals surface area contributed by atoms with Crippen LogP contribution in [0.3, 0.4) is 0 Å². The number of benzene rings is 1. The monoisotopic (exact) mass is 634 g/mol. The van der Waals surface area contributed by atoms with Crippen LogP contribution in [0.5, 0.6) is 0 Å². The molecule has 1 saturated carbocycles. The van der Waals surface area contributed by atoms with Crippen LogP contribution < -0.4 is 9.80 Å². The van der Waals surface area contributed by atoms with E-state index in [-0.39, 0.29) is 23.9 Å². The average Bonchev–Trinajstić information content (AvgIpc) is 3.74. The molecule has 4 heterocycles. The number of aromatic nitrogens is 1. The van der Waals surface area contributed by atoms with Crippen molar-refractivity contribution in [1.82, 2.24) is 9.29 Å². The summed E-state index contributed by atoms with van der Waals surface area (Å²) in [6.45, 7) is 5.44. The molecule has 2 saturated heterocycles. The molecule has 1 N–H and O–H groups in total. The maximum absolute atomic E-state index is 14.2. The average molecular weight is 635 g/mol. The normalized spacial score (nSPS) is 21.0. The van der Waals surface area contributed by atoms with Crippen molar-refractivity contribution in [3.05, 3.63) is 77.8 Å². The van der Waals surface area contributed by atoms with Gasteiger partial charge in [0.2, 0.25) is 15.9 Å². The highest BCUT2D eigenvalue weighted by Gasteiger charge is 2.45. The first-order chi connectivity index (χ1) is 21.3. The third kappa shape index (κ3) is 5.92. The van der Waals surface area contributed by atoms with E-state index in [2.05, 4.69) is 16.5 Å². The molecular formula is C33H38N4O5S2. The molecule has 2 atom stereocenters. The largest absolute Gasteiger partial charge is 0.477 e. The van der Waals surface area contributed by atoms with Gasteiger partial charge in [0.05, 0.1) is 18.3 Å². The second kappa shape index (κ2) is 12.8. The fourth-order valence-corrected chi connectivity index (χ4v) is 9.59. The molecule has 232 valence electrons. The molecule has 6 rings (SSSR count). The summed E-state index contributed by atoms with van der Waals surface area (Å²) in [5, 5.41) is 9.13. The molecular weight excluding hydrogens is 597 g/mol. The zero-order chi connectivity index (χ0) is 30.8. The summed E-state index contributed by atoms with van der Waals surface area (Å²) >= 11 is 1.14. The van der Waals surface area contributed by atoms with Gasteiger partial charge >= 0.3 is 5.97 Å². The molecule has 2 unspecified atom stereocenters. The fraction of sp³-hybridized carbons (Fsp3) is 0.424. The minimum Gasteiger partial charge on any atom is -0.477 e. The Balaban J connectivity index is 1.33. The molecule has 1 aliphatic carbocycles. The Morgan fingerprint density at radius 2 is 1.77 bits per heavy atom. The second-order valence-electron chi connectivity index (χ2n) is 11.9. The van der Waals surface area contributed by atoms with Gasteiger partial charge in [-0.15, -0.1) is 17.9 Å². The quantitative estimate of drug-likeness (QED) is 0.289. The Hall–Kier alpha value is -3.54. The first kappa shape index (κ1) is 30.5. The Morgan fingerprint density at radius 3 is 2.41 bits per heavy atom. The molecule has 0 radical (unpaired) electrons. The number of piperazine rings is 1. The van der Waals surface area contributed by atoms with Gasteiger partial charge in [0.15, 0.2) is 0 Å². The fourth-order valence-electron chi connectivity index (χ4n) is 6.90. The molecule has 9 nitrogen and oxygen atoms in total. The highest BCUT2D eigenvalue weighted by molar-refractivity contribution is 7.89. The second-order valence-corrected chi connectivity index (χ2v) is 15.0. The topological polar surface area (TPSA) is 111 Å². The van der Waals surface area contributed by atoms with Gasteiger partial charge < -0.3 is 14.9 Å². The van der Waals surface area contributed by atoms with Gasteiger partial charge in [-0.1, -0.05) is 61.7 Å². The number of thiophene rings is 1. The summed E-state index contributed by atoms with van der Waals surface area (Å²) in [6, 6.07) is 14.4. The van der Waals surface area contributed by atoms with E-state index in [0.717, 1.165) is 85.6 Å².